The molecular weight excluding hydrogens is 300 g/mol. The monoisotopic (exact) mass is 324 g/mol. The van der Waals surface area contributed by atoms with Crippen LogP contribution in [0.5, 0.6) is 0 Å². The van der Waals surface area contributed by atoms with Crippen molar-refractivity contribution in [3.05, 3.63) is 35.1 Å². The lowest BCUT2D eigenvalue weighted by molar-refractivity contribution is 0.0868. The number of carbonyl (C=O) groups is 1. The van der Waals surface area contributed by atoms with Crippen molar-refractivity contribution in [2.45, 2.75) is 46.1 Å². The van der Waals surface area contributed by atoms with E-state index < -0.39 is 0 Å². The van der Waals surface area contributed by atoms with Crippen LogP contribution in [-0.4, -0.2) is 18.0 Å². The van der Waals surface area contributed by atoms with E-state index in [0.717, 1.165) is 34.9 Å². The molecule has 0 saturated heterocycles. The fourth-order valence-corrected chi connectivity index (χ4v) is 2.66. The van der Waals surface area contributed by atoms with E-state index >= 15 is 0 Å². The van der Waals surface area contributed by atoms with Crippen molar-refractivity contribution in [1.82, 2.24) is 5.32 Å². The highest BCUT2D eigenvalue weighted by Crippen LogP contribution is 2.28. The van der Waals surface area contributed by atoms with E-state index in [4.69, 9.17) is 10.2 Å². The third-order valence-corrected chi connectivity index (χ3v) is 4.49. The van der Waals surface area contributed by atoms with Crippen molar-refractivity contribution in [3.63, 3.8) is 0 Å². The van der Waals surface area contributed by atoms with Crippen LogP contribution in [0.1, 0.15) is 48.4 Å². The van der Waals surface area contributed by atoms with Gasteiger partial charge in [0, 0.05) is 17.5 Å². The first-order valence-electron chi connectivity index (χ1n) is 7.49. The molecule has 0 fully saturated rings. The van der Waals surface area contributed by atoms with Gasteiger partial charge >= 0.3 is 0 Å². The summed E-state index contributed by atoms with van der Waals surface area (Å²) in [6.07, 6.45) is 1.59. The number of nitrogens with two attached hydrogens (primary N) is 1. The molecule has 1 aromatic heterocycles. The second kappa shape index (κ2) is 7.16. The molecule has 22 heavy (non-hydrogen) atoms. The lowest BCUT2D eigenvalue weighted by Gasteiger charge is -2.31. The number of fused-ring (bicyclic) bond motifs is 1. The summed E-state index contributed by atoms with van der Waals surface area (Å²) in [5.41, 5.74) is 8.18. The summed E-state index contributed by atoms with van der Waals surface area (Å²) < 4.78 is 5.82. The number of nitrogens with one attached hydrogen (secondary N) is 1. The number of aryl methyl sites for hydroxylation is 2. The van der Waals surface area contributed by atoms with Crippen LogP contribution in [0.3, 0.4) is 0 Å². The molecule has 1 amide bonds. The number of hydrogen-bond donors (Lipinski definition) is 2. The van der Waals surface area contributed by atoms with Crippen molar-refractivity contribution in [3.8, 4) is 0 Å². The summed E-state index contributed by atoms with van der Waals surface area (Å²) in [5.74, 6) is 0.205. The fraction of sp³-hybridized carbons (Fsp3) is 0.471. The minimum absolute atomic E-state index is 0. The van der Waals surface area contributed by atoms with E-state index in [1.165, 1.54) is 0 Å². The quantitative estimate of drug-likeness (QED) is 0.880. The highest BCUT2D eigenvalue weighted by Gasteiger charge is 2.29. The summed E-state index contributed by atoms with van der Waals surface area (Å²) in [6, 6.07) is 5.94. The number of amides is 1. The summed E-state index contributed by atoms with van der Waals surface area (Å²) in [4.78, 5) is 12.6. The molecule has 0 radical (unpaired) electrons. The second-order valence-electron chi connectivity index (χ2n) is 5.65. The van der Waals surface area contributed by atoms with Crippen LogP contribution < -0.4 is 11.1 Å². The summed E-state index contributed by atoms with van der Waals surface area (Å²) >= 11 is 0. The zero-order valence-electron chi connectivity index (χ0n) is 13.7. The molecule has 2 aromatic rings. The van der Waals surface area contributed by atoms with Crippen molar-refractivity contribution in [2.75, 3.05) is 6.54 Å². The first-order chi connectivity index (χ1) is 9.98. The van der Waals surface area contributed by atoms with E-state index in [9.17, 15) is 4.79 Å². The van der Waals surface area contributed by atoms with Gasteiger partial charge in [0.2, 0.25) is 0 Å². The Balaban J connectivity index is 0.00000242. The molecule has 5 heteroatoms. The van der Waals surface area contributed by atoms with Gasteiger partial charge in [-0.05, 0) is 32.3 Å². The molecule has 1 heterocycles. The minimum atomic E-state index is -0.364. The Morgan fingerprint density at radius 2 is 1.91 bits per heavy atom. The maximum atomic E-state index is 12.6. The fourth-order valence-electron chi connectivity index (χ4n) is 2.66. The Bertz CT molecular complexity index is 652. The molecule has 0 atom stereocenters. The number of halogens is 1. The number of carbonyl (C=O) groups excluding carboxylic acids is 1. The molecule has 0 aliphatic carbocycles. The predicted molar refractivity (Wildman–Crippen MR) is 92.8 cm³/mol. The molecule has 4 nitrogen and oxygen atoms in total. The molecule has 1 aromatic carbocycles. The third-order valence-electron chi connectivity index (χ3n) is 4.49. The summed E-state index contributed by atoms with van der Waals surface area (Å²) in [6.45, 7) is 8.39. The largest absolute Gasteiger partial charge is 0.450 e. The molecule has 122 valence electrons. The van der Waals surface area contributed by atoms with Gasteiger partial charge in [-0.2, -0.15) is 0 Å². The average Bonchev–Trinajstić information content (AvgIpc) is 2.84. The van der Waals surface area contributed by atoms with Crippen LogP contribution in [0.25, 0.3) is 11.0 Å². The van der Waals surface area contributed by atoms with Gasteiger partial charge in [0.25, 0.3) is 5.91 Å². The van der Waals surface area contributed by atoms with E-state index in [2.05, 4.69) is 5.32 Å². The van der Waals surface area contributed by atoms with E-state index in [-0.39, 0.29) is 23.9 Å². The number of furan rings is 1. The van der Waals surface area contributed by atoms with Gasteiger partial charge in [-0.1, -0.05) is 32.0 Å². The zero-order chi connectivity index (χ0) is 15.6. The predicted octanol–water partition coefficient (Wildman–Crippen LogP) is 3.72. The average molecular weight is 325 g/mol. The van der Waals surface area contributed by atoms with Gasteiger partial charge in [0.1, 0.15) is 5.58 Å². The van der Waals surface area contributed by atoms with Gasteiger partial charge < -0.3 is 15.5 Å². The Kier molecular flexibility index (Phi) is 6.03. The van der Waals surface area contributed by atoms with Crippen LogP contribution in [0.15, 0.2) is 22.6 Å². The van der Waals surface area contributed by atoms with Crippen molar-refractivity contribution >= 4 is 29.3 Å². The number of benzene rings is 1. The van der Waals surface area contributed by atoms with Crippen LogP contribution in [0.2, 0.25) is 0 Å². The van der Waals surface area contributed by atoms with Crippen molar-refractivity contribution < 1.29 is 9.21 Å². The van der Waals surface area contributed by atoms with E-state index in [1.807, 2.05) is 45.9 Å². The summed E-state index contributed by atoms with van der Waals surface area (Å²) in [5, 5.41) is 4.05. The van der Waals surface area contributed by atoms with Crippen LogP contribution in [0, 0.1) is 13.8 Å². The SMILES string of the molecule is CCC(CC)(CN)NC(=O)c1oc2c(C)cccc2c1C.Cl. The normalized spacial score (nSPS) is 11.3. The third kappa shape index (κ3) is 3.13. The van der Waals surface area contributed by atoms with Crippen LogP contribution in [0.4, 0.5) is 0 Å². The molecule has 0 spiro atoms. The van der Waals surface area contributed by atoms with Gasteiger partial charge in [0.15, 0.2) is 5.76 Å². The second-order valence-corrected chi connectivity index (χ2v) is 5.65. The van der Waals surface area contributed by atoms with Gasteiger partial charge in [-0.25, -0.2) is 0 Å². The molecule has 0 bridgehead atoms. The van der Waals surface area contributed by atoms with Gasteiger partial charge in [0.05, 0.1) is 5.54 Å². The lowest BCUT2D eigenvalue weighted by Crippen LogP contribution is -2.52. The highest BCUT2D eigenvalue weighted by atomic mass is 35.5. The Labute approximate surface area is 137 Å². The smallest absolute Gasteiger partial charge is 0.287 e. The molecule has 0 unspecified atom stereocenters. The molecule has 0 aliphatic heterocycles. The number of rotatable bonds is 5. The van der Waals surface area contributed by atoms with Crippen molar-refractivity contribution in [1.29, 1.82) is 0 Å². The van der Waals surface area contributed by atoms with E-state index in [1.54, 1.807) is 0 Å². The number of hydrogen-bond acceptors (Lipinski definition) is 3. The molecule has 3 N–H and O–H groups in total. The maximum absolute atomic E-state index is 12.6. The standard InChI is InChI=1S/C17H24N2O2.ClH/c1-5-17(6-2,10-18)19-16(20)15-12(4)13-9-7-8-11(3)14(13)21-15;/h7-9H,5-6,10,18H2,1-4H3,(H,19,20);1H. The Hall–Kier alpha value is -1.52. The first-order valence-corrected chi connectivity index (χ1v) is 7.49. The molecule has 0 saturated carbocycles. The Morgan fingerprint density at radius 1 is 1.27 bits per heavy atom. The van der Waals surface area contributed by atoms with E-state index in [0.29, 0.717) is 12.3 Å². The molecule has 2 rings (SSSR count). The topological polar surface area (TPSA) is 68.3 Å². The van der Waals surface area contributed by atoms with Crippen LogP contribution in [-0.2, 0) is 0 Å². The van der Waals surface area contributed by atoms with Gasteiger partial charge in [-0.15, -0.1) is 12.4 Å². The Morgan fingerprint density at radius 3 is 2.41 bits per heavy atom. The maximum Gasteiger partial charge on any atom is 0.287 e. The van der Waals surface area contributed by atoms with Crippen LogP contribution >= 0.6 is 12.4 Å². The molecule has 0 aliphatic rings. The van der Waals surface area contributed by atoms with Crippen molar-refractivity contribution in [2.24, 2.45) is 5.73 Å². The zero-order valence-corrected chi connectivity index (χ0v) is 14.5. The first kappa shape index (κ1) is 18.5. The minimum Gasteiger partial charge on any atom is -0.450 e. The summed E-state index contributed by atoms with van der Waals surface area (Å²) in [7, 11) is 0. The number of para-hydroxylation sites is 1. The molecular formula is C17H25ClN2O2. The van der Waals surface area contributed by atoms with Gasteiger partial charge in [-0.3, -0.25) is 4.79 Å². The lowest BCUT2D eigenvalue weighted by atomic mass is 9.92. The highest BCUT2D eigenvalue weighted by molar-refractivity contribution is 5.99.